The lowest BCUT2D eigenvalue weighted by atomic mass is 10.1. The van der Waals surface area contributed by atoms with E-state index >= 15 is 0 Å². The lowest BCUT2D eigenvalue weighted by molar-refractivity contribution is 0.619. The molecule has 2 heteroatoms. The molecule has 0 aromatic rings. The molecule has 1 aliphatic carbocycles. The second kappa shape index (κ2) is 6.31. The Balaban J connectivity index is 1.81. The summed E-state index contributed by atoms with van der Waals surface area (Å²) in [5.74, 6) is 2.38. The van der Waals surface area contributed by atoms with Crippen LogP contribution in [-0.4, -0.2) is 16.8 Å². The highest BCUT2D eigenvalue weighted by atomic mass is 79.9. The summed E-state index contributed by atoms with van der Waals surface area (Å²) in [5, 5.41) is 0. The highest BCUT2D eigenvalue weighted by Crippen LogP contribution is 2.38. The van der Waals surface area contributed by atoms with Crippen molar-refractivity contribution in [3.8, 4) is 0 Å². The van der Waals surface area contributed by atoms with Gasteiger partial charge < -0.3 is 0 Å². The molecule has 12 heavy (non-hydrogen) atoms. The fourth-order valence-electron chi connectivity index (χ4n) is 1.46. The Hall–Kier alpha value is 0.830. The van der Waals surface area contributed by atoms with Gasteiger partial charge >= 0.3 is 0 Å². The normalized spacial score (nSPS) is 19.5. The molecule has 1 atom stereocenters. The van der Waals surface area contributed by atoms with Gasteiger partial charge in [-0.25, -0.2) is 0 Å². The second-order valence-electron chi connectivity index (χ2n) is 3.70. The molecular formula is C10H19BrS. The van der Waals surface area contributed by atoms with Crippen molar-refractivity contribution in [3.05, 3.63) is 0 Å². The van der Waals surface area contributed by atoms with Crippen molar-refractivity contribution in [2.24, 2.45) is 5.92 Å². The summed E-state index contributed by atoms with van der Waals surface area (Å²) in [6, 6.07) is 0. The first-order valence-electron chi connectivity index (χ1n) is 4.97. The monoisotopic (exact) mass is 250 g/mol. The van der Waals surface area contributed by atoms with E-state index in [1.54, 1.807) is 0 Å². The molecular weight excluding hydrogens is 232 g/mol. The van der Waals surface area contributed by atoms with Crippen molar-refractivity contribution >= 4 is 27.7 Å². The molecule has 0 bridgehead atoms. The molecule has 0 aliphatic heterocycles. The van der Waals surface area contributed by atoms with E-state index in [-0.39, 0.29) is 0 Å². The zero-order valence-corrected chi connectivity index (χ0v) is 10.3. The van der Waals surface area contributed by atoms with Crippen LogP contribution in [0.2, 0.25) is 0 Å². The molecule has 1 saturated carbocycles. The minimum absolute atomic E-state index is 0.840. The van der Waals surface area contributed by atoms with Crippen LogP contribution in [0.5, 0.6) is 0 Å². The third-order valence-electron chi connectivity index (χ3n) is 2.46. The van der Waals surface area contributed by atoms with E-state index in [0.29, 0.717) is 0 Å². The Morgan fingerprint density at radius 3 is 2.67 bits per heavy atom. The molecule has 1 fully saturated rings. The fourth-order valence-corrected chi connectivity index (χ4v) is 2.80. The van der Waals surface area contributed by atoms with Crippen LogP contribution in [-0.2, 0) is 0 Å². The fraction of sp³-hybridized carbons (Fsp3) is 1.00. The van der Waals surface area contributed by atoms with Crippen LogP contribution >= 0.6 is 27.7 Å². The average molecular weight is 251 g/mol. The summed E-state index contributed by atoms with van der Waals surface area (Å²) in [6.07, 6.45) is 10.8. The first kappa shape index (κ1) is 10.9. The molecule has 0 N–H and O–H groups in total. The van der Waals surface area contributed by atoms with E-state index in [1.807, 2.05) is 11.8 Å². The molecule has 0 aromatic carbocycles. The Morgan fingerprint density at radius 2 is 2.08 bits per heavy atom. The third-order valence-corrected chi connectivity index (χ3v) is 4.36. The molecule has 1 rings (SSSR count). The first-order valence-corrected chi connectivity index (χ1v) is 7.28. The number of rotatable bonds is 7. The van der Waals surface area contributed by atoms with Crippen molar-refractivity contribution in [1.82, 2.24) is 0 Å². The zero-order chi connectivity index (χ0) is 8.81. The number of alkyl halides is 1. The molecule has 1 aliphatic rings. The molecule has 0 aromatic heterocycles. The number of hydrogen-bond donors (Lipinski definition) is 0. The predicted octanol–water partition coefficient (Wildman–Crippen LogP) is 4.08. The average Bonchev–Trinajstić information content (AvgIpc) is 2.86. The van der Waals surface area contributed by atoms with Gasteiger partial charge in [0.1, 0.15) is 0 Å². The highest BCUT2D eigenvalue weighted by Gasteiger charge is 2.28. The van der Waals surface area contributed by atoms with Gasteiger partial charge in [0.2, 0.25) is 0 Å². The van der Waals surface area contributed by atoms with Gasteiger partial charge in [0.15, 0.2) is 0 Å². The maximum atomic E-state index is 3.77. The largest absolute Gasteiger partial charge is 0.165 e. The van der Waals surface area contributed by atoms with Crippen LogP contribution in [0.3, 0.4) is 0 Å². The highest BCUT2D eigenvalue weighted by molar-refractivity contribution is 9.09. The molecule has 0 spiro atoms. The lowest BCUT2D eigenvalue weighted by Gasteiger charge is -2.06. The summed E-state index contributed by atoms with van der Waals surface area (Å²) in [4.78, 5) is 0.840. The van der Waals surface area contributed by atoms with E-state index in [1.165, 1.54) is 44.3 Å². The third kappa shape index (κ3) is 4.76. The van der Waals surface area contributed by atoms with Gasteiger partial charge in [-0.1, -0.05) is 28.8 Å². The van der Waals surface area contributed by atoms with Gasteiger partial charge in [-0.2, -0.15) is 11.8 Å². The summed E-state index contributed by atoms with van der Waals surface area (Å²) >= 11 is 5.74. The van der Waals surface area contributed by atoms with Crippen molar-refractivity contribution in [2.45, 2.75) is 43.4 Å². The Kier molecular flexibility index (Phi) is 5.73. The van der Waals surface area contributed by atoms with E-state index in [9.17, 15) is 0 Å². The van der Waals surface area contributed by atoms with Crippen LogP contribution in [0, 0.1) is 5.92 Å². The molecule has 0 radical (unpaired) electrons. The van der Waals surface area contributed by atoms with Crippen LogP contribution in [0.1, 0.15) is 38.5 Å². The van der Waals surface area contributed by atoms with E-state index < -0.39 is 0 Å². The van der Waals surface area contributed by atoms with Crippen LogP contribution in [0.4, 0.5) is 0 Å². The number of hydrogen-bond acceptors (Lipinski definition) is 1. The second-order valence-corrected chi connectivity index (χ2v) is 5.86. The first-order chi connectivity index (χ1) is 5.84. The maximum Gasteiger partial charge on any atom is 0.0174 e. The zero-order valence-electron chi connectivity index (χ0n) is 7.89. The lowest BCUT2D eigenvalue weighted by Crippen LogP contribution is -1.99. The molecule has 0 nitrogen and oxygen atoms in total. The molecule has 0 saturated heterocycles. The minimum Gasteiger partial charge on any atom is -0.165 e. The summed E-state index contributed by atoms with van der Waals surface area (Å²) < 4.78 is 0. The van der Waals surface area contributed by atoms with Gasteiger partial charge in [0.25, 0.3) is 0 Å². The van der Waals surface area contributed by atoms with Crippen molar-refractivity contribution in [3.63, 3.8) is 0 Å². The van der Waals surface area contributed by atoms with Gasteiger partial charge in [-0.15, -0.1) is 0 Å². The summed E-state index contributed by atoms with van der Waals surface area (Å²) in [5.41, 5.74) is 0. The molecule has 1 unspecified atom stereocenters. The topological polar surface area (TPSA) is 0 Å². The minimum atomic E-state index is 0.840. The standard InChI is InChI=1S/C10H19BrS/c1-12-8-4-2-3-5-10(11)9-6-7-9/h9-10H,2-8H2,1H3. The summed E-state index contributed by atoms with van der Waals surface area (Å²) in [6.45, 7) is 0. The number of thioether (sulfide) groups is 1. The van der Waals surface area contributed by atoms with E-state index in [4.69, 9.17) is 0 Å². The van der Waals surface area contributed by atoms with Gasteiger partial charge in [0.05, 0.1) is 0 Å². The van der Waals surface area contributed by atoms with Crippen molar-refractivity contribution < 1.29 is 0 Å². The van der Waals surface area contributed by atoms with Gasteiger partial charge in [-0.3, -0.25) is 0 Å². The summed E-state index contributed by atoms with van der Waals surface area (Å²) in [7, 11) is 0. The Labute approximate surface area is 89.0 Å². The van der Waals surface area contributed by atoms with E-state index in [0.717, 1.165) is 10.7 Å². The van der Waals surface area contributed by atoms with E-state index in [2.05, 4.69) is 22.2 Å². The predicted molar refractivity (Wildman–Crippen MR) is 62.3 cm³/mol. The SMILES string of the molecule is CSCCCCCC(Br)C1CC1. The molecule has 0 heterocycles. The van der Waals surface area contributed by atoms with Crippen LogP contribution in [0.15, 0.2) is 0 Å². The molecule has 72 valence electrons. The Morgan fingerprint density at radius 1 is 1.33 bits per heavy atom. The van der Waals surface area contributed by atoms with Crippen molar-refractivity contribution in [1.29, 1.82) is 0 Å². The maximum absolute atomic E-state index is 3.77. The molecule has 0 amide bonds. The van der Waals surface area contributed by atoms with Crippen LogP contribution in [0.25, 0.3) is 0 Å². The van der Waals surface area contributed by atoms with Crippen LogP contribution < -0.4 is 0 Å². The van der Waals surface area contributed by atoms with Crippen molar-refractivity contribution in [2.75, 3.05) is 12.0 Å². The Bertz CT molecular complexity index is 112. The number of unbranched alkanes of at least 4 members (excludes halogenated alkanes) is 2. The smallest absolute Gasteiger partial charge is 0.0174 e. The quantitative estimate of drug-likeness (QED) is 0.485. The number of halogens is 1. The van der Waals surface area contributed by atoms with Gasteiger partial charge in [0, 0.05) is 4.83 Å². The van der Waals surface area contributed by atoms with Gasteiger partial charge in [-0.05, 0) is 43.6 Å².